The highest BCUT2D eigenvalue weighted by atomic mass is 16.7. The molecule has 0 aromatic carbocycles. The van der Waals surface area contributed by atoms with Crippen LogP contribution in [0.2, 0.25) is 0 Å². The van der Waals surface area contributed by atoms with Gasteiger partial charge in [-0.1, -0.05) is 89.5 Å². The predicted molar refractivity (Wildman–Crippen MR) is 373 cm³/mol. The molecule has 3 aliphatic rings. The summed E-state index contributed by atoms with van der Waals surface area (Å²) in [6.07, 6.45) is 0.883. The maximum atomic E-state index is 15.3. The molecule has 29 nitrogen and oxygen atoms in total. The third-order valence-electron chi connectivity index (χ3n) is 19.3. The van der Waals surface area contributed by atoms with E-state index in [1.807, 2.05) is 48.5 Å². The van der Waals surface area contributed by atoms with Gasteiger partial charge >= 0.3 is 6.09 Å². The van der Waals surface area contributed by atoms with Gasteiger partial charge in [0, 0.05) is 68.5 Å². The number of morpholine rings is 1. The zero-order valence-corrected chi connectivity index (χ0v) is 63.9. The molecule has 0 saturated carbocycles. The molecule has 0 spiro atoms. The molecule has 3 rings (SSSR count). The lowest BCUT2D eigenvalue weighted by atomic mass is 9.88. The number of carbonyl (C=O) groups is 12. The minimum Gasteiger partial charge on any atom is -0.453 e. The van der Waals surface area contributed by atoms with E-state index in [1.54, 1.807) is 41.5 Å². The van der Waals surface area contributed by atoms with Crippen LogP contribution in [0.4, 0.5) is 4.79 Å². The molecule has 3 aliphatic heterocycles. The predicted octanol–water partition coefficient (Wildman–Crippen LogP) is 3.01. The molecule has 99 heavy (non-hydrogen) atoms. The van der Waals surface area contributed by atoms with Crippen molar-refractivity contribution in [1.82, 2.24) is 65.9 Å². The van der Waals surface area contributed by atoms with Crippen LogP contribution in [-0.4, -0.2) is 284 Å². The number of ether oxygens (including phenoxy) is 3. The first-order valence-electron chi connectivity index (χ1n) is 35.8. The number of nitrogens with one attached hydrogen (secondary N) is 5. The van der Waals surface area contributed by atoms with Gasteiger partial charge in [0.1, 0.15) is 66.5 Å². The van der Waals surface area contributed by atoms with E-state index in [4.69, 9.17) is 19.0 Å². The highest BCUT2D eigenvalue weighted by molar-refractivity contribution is 6.00. The van der Waals surface area contributed by atoms with E-state index in [2.05, 4.69) is 31.5 Å². The van der Waals surface area contributed by atoms with Crippen molar-refractivity contribution in [2.75, 3.05) is 95.4 Å². The second kappa shape index (κ2) is 40.7. The van der Waals surface area contributed by atoms with E-state index in [0.717, 1.165) is 31.1 Å². The SMILES string of the molecule is CC[C@@H]1NC(=O)[C@@H]2[C@@H]([C@H](C)CCCCNC(=O)OC)ON2C(=O)[C@H](C(C)C)N(C)C(=O)[C@H](CC(C)C)N(C)C(=O)[C@H](CC(C)C)N(C)C(=O)[C@@H](C)NC(=O)[C@H](C)NC(=O)[C@H](CC(C)C)N(C)C(=O)[C@H](C(C)C)NC(=O)[C@H]([C@@H](C)OCCCCN2CCOCC2)N(C)C(=O)[C@@H](C)N(C)C1=O. The van der Waals surface area contributed by atoms with Crippen molar-refractivity contribution in [3.63, 3.8) is 0 Å². The largest absolute Gasteiger partial charge is 0.453 e. The highest BCUT2D eigenvalue weighted by Gasteiger charge is 2.55. The van der Waals surface area contributed by atoms with Crippen LogP contribution in [-0.2, 0) is 71.8 Å². The molecular formula is C70H125N13O16. The lowest BCUT2D eigenvalue weighted by Crippen LogP contribution is -2.72. The third-order valence-corrected chi connectivity index (χ3v) is 19.3. The second-order valence-electron chi connectivity index (χ2n) is 29.4. The summed E-state index contributed by atoms with van der Waals surface area (Å²) < 4.78 is 16.6. The van der Waals surface area contributed by atoms with Crippen LogP contribution in [0.15, 0.2) is 0 Å². The van der Waals surface area contributed by atoms with Crippen molar-refractivity contribution in [3.8, 4) is 0 Å². The Kier molecular flexibility index (Phi) is 35.5. The van der Waals surface area contributed by atoms with Gasteiger partial charge in [-0.25, -0.2) is 9.86 Å². The summed E-state index contributed by atoms with van der Waals surface area (Å²) in [5.74, 6) is -9.68. The van der Waals surface area contributed by atoms with Crippen molar-refractivity contribution >= 4 is 71.1 Å². The average molecular weight is 1400 g/mol. The summed E-state index contributed by atoms with van der Waals surface area (Å²) in [6, 6.07) is -13.9. The molecule has 3 saturated heterocycles. The first kappa shape index (κ1) is 86.5. The Hall–Kier alpha value is -6.72. The molecule has 566 valence electrons. The Morgan fingerprint density at radius 1 is 0.535 bits per heavy atom. The molecule has 0 radical (unpaired) electrons. The van der Waals surface area contributed by atoms with Gasteiger partial charge in [-0.2, -0.15) is 0 Å². The first-order chi connectivity index (χ1) is 46.3. The second-order valence-corrected chi connectivity index (χ2v) is 29.4. The zero-order valence-electron chi connectivity index (χ0n) is 63.9. The highest BCUT2D eigenvalue weighted by Crippen LogP contribution is 2.34. The monoisotopic (exact) mass is 1400 g/mol. The molecule has 29 heteroatoms. The molecule has 0 aliphatic carbocycles. The number of hydrogen-bond acceptors (Lipinski definition) is 17. The van der Waals surface area contributed by atoms with Crippen LogP contribution in [0.3, 0.4) is 0 Å². The van der Waals surface area contributed by atoms with Gasteiger partial charge in [-0.3, -0.25) is 62.5 Å². The minimum atomic E-state index is -1.40. The Labute approximate surface area is 589 Å². The number of hydroxylamine groups is 2. The van der Waals surface area contributed by atoms with Crippen LogP contribution < -0.4 is 26.6 Å². The zero-order chi connectivity index (χ0) is 75.2. The van der Waals surface area contributed by atoms with Crippen LogP contribution in [0.25, 0.3) is 0 Å². The maximum absolute atomic E-state index is 15.3. The van der Waals surface area contributed by atoms with Crippen molar-refractivity contribution < 1.29 is 76.6 Å². The molecular weight excluding hydrogens is 1280 g/mol. The van der Waals surface area contributed by atoms with Gasteiger partial charge in [0.25, 0.3) is 5.91 Å². The third kappa shape index (κ3) is 24.2. The van der Waals surface area contributed by atoms with E-state index in [9.17, 15) is 28.8 Å². The Morgan fingerprint density at radius 3 is 1.60 bits per heavy atom. The van der Waals surface area contributed by atoms with Gasteiger partial charge in [0.15, 0.2) is 6.04 Å². The fourth-order valence-electron chi connectivity index (χ4n) is 12.9. The molecule has 0 aromatic heterocycles. The molecule has 0 aromatic rings. The van der Waals surface area contributed by atoms with Crippen LogP contribution in [0, 0.1) is 35.5 Å². The van der Waals surface area contributed by atoms with Crippen LogP contribution >= 0.6 is 0 Å². The average Bonchev–Trinajstić information content (AvgIpc) is 0.755. The molecule has 3 heterocycles. The fourth-order valence-corrected chi connectivity index (χ4v) is 12.9. The molecule has 5 N–H and O–H groups in total. The van der Waals surface area contributed by atoms with Crippen molar-refractivity contribution in [2.24, 2.45) is 35.5 Å². The van der Waals surface area contributed by atoms with Gasteiger partial charge in [0.2, 0.25) is 59.1 Å². The molecule has 0 bridgehead atoms. The normalized spacial score (nSPS) is 27.6. The molecule has 14 atom stereocenters. The Morgan fingerprint density at radius 2 is 1.06 bits per heavy atom. The number of rotatable bonds is 22. The van der Waals surface area contributed by atoms with E-state index >= 15 is 28.8 Å². The Balaban J connectivity index is 2.29. The van der Waals surface area contributed by atoms with E-state index in [-0.39, 0.29) is 56.0 Å². The summed E-state index contributed by atoms with van der Waals surface area (Å²) in [4.78, 5) is 191. The molecule has 12 amide bonds. The summed E-state index contributed by atoms with van der Waals surface area (Å²) in [7, 11) is 9.84. The maximum Gasteiger partial charge on any atom is 0.406 e. The first-order valence-corrected chi connectivity index (χ1v) is 35.8. The Bertz CT molecular complexity index is 2710. The molecule has 3 fully saturated rings. The lowest BCUT2D eigenvalue weighted by Gasteiger charge is -2.50. The number of methoxy groups -OCH3 is 1. The fraction of sp³-hybridized carbons (Fsp3) is 0.829. The van der Waals surface area contributed by atoms with E-state index in [0.29, 0.717) is 45.4 Å². The quantitative estimate of drug-likeness (QED) is 0.0973. The smallest absolute Gasteiger partial charge is 0.406 e. The molecule has 0 unspecified atom stereocenters. The van der Waals surface area contributed by atoms with Gasteiger partial charge in [0.05, 0.1) is 26.4 Å². The standard InChI is InChI=1S/C70H125N13O16/c1-24-50-65(90)76(17)48(15)64(89)81(22)56(49(16)98-34-28-27-31-82-32-35-97-36-33-82)61(86)75-54(43(8)9)68(93)77(18)51(37-40(2)3)60(85)72-46(13)59(84)73-47(14)63(88)78(19)52(38-41(4)5)66(91)79(20)53(39-42(6)7)67(92)80(21)55(44(10)11)69(94)83-57(62(87)74-50)58(99-83)45(12)29-25-26-30-71-70(95)96-23/h40-58H,24-39H2,1-23H3,(H,71,95)(H,72,85)(H,73,84)(H,74,87)(H,75,86)/t45-,46+,47-,48-,49-,50+,51+,52+,53+,54+,55+,56+,57+,58-/m1/s1. The van der Waals surface area contributed by atoms with Crippen LogP contribution in [0.1, 0.15) is 169 Å². The lowest BCUT2D eigenvalue weighted by molar-refractivity contribution is -0.322. The van der Waals surface area contributed by atoms with Crippen molar-refractivity contribution in [1.29, 1.82) is 0 Å². The van der Waals surface area contributed by atoms with Gasteiger partial charge < -0.3 is 70.2 Å². The van der Waals surface area contributed by atoms with Gasteiger partial charge in [-0.15, -0.1) is 0 Å². The summed E-state index contributed by atoms with van der Waals surface area (Å²) in [5.41, 5.74) is 0. The number of likely N-dealkylation sites (N-methyl/N-ethyl adjacent to an activating group) is 6. The van der Waals surface area contributed by atoms with E-state index < -0.39 is 162 Å². The van der Waals surface area contributed by atoms with Crippen molar-refractivity contribution in [3.05, 3.63) is 0 Å². The van der Waals surface area contributed by atoms with Gasteiger partial charge in [-0.05, 0) is 121 Å². The summed E-state index contributed by atoms with van der Waals surface area (Å²) in [5, 5.41) is 14.8. The minimum absolute atomic E-state index is 0.0190. The summed E-state index contributed by atoms with van der Waals surface area (Å²) in [6.45, 7) is 31.8. The van der Waals surface area contributed by atoms with Crippen molar-refractivity contribution in [2.45, 2.75) is 247 Å². The number of amides is 12. The number of hydrogen-bond donors (Lipinski definition) is 5. The number of nitrogens with zero attached hydrogens (tertiary/aromatic N) is 8. The summed E-state index contributed by atoms with van der Waals surface area (Å²) >= 11 is 0. The number of alkyl carbamates (subject to hydrolysis) is 1. The topological polar surface area (TPSA) is 328 Å². The number of carbonyl (C=O) groups excluding carboxylic acids is 12. The van der Waals surface area contributed by atoms with E-state index in [1.165, 1.54) is 99.6 Å². The number of unbranched alkanes of at least 4 members (excludes halogenated alkanes) is 2. The number of fused-ring (bicyclic) bond motifs is 1. The van der Waals surface area contributed by atoms with Crippen LogP contribution in [0.5, 0.6) is 0 Å².